The minimum atomic E-state index is 0. The van der Waals surface area contributed by atoms with E-state index in [1.54, 1.807) is 0 Å². The Balaban J connectivity index is 0. The van der Waals surface area contributed by atoms with E-state index in [1.165, 1.54) is 0 Å². The Labute approximate surface area is 169 Å². The molecule has 43 valence electrons. The van der Waals surface area contributed by atoms with Crippen LogP contribution in [0.4, 0.5) is 0 Å². The van der Waals surface area contributed by atoms with Crippen molar-refractivity contribution in [3.8, 4) is 0 Å². The molecule has 7 heteroatoms. The van der Waals surface area contributed by atoms with Gasteiger partial charge in [0.25, 0.3) is 0 Å². The Morgan fingerprint density at radius 2 is 1.14 bits per heavy atom. The smallest absolute Gasteiger partial charge is 0.0149 e. The van der Waals surface area contributed by atoms with Crippen molar-refractivity contribution < 1.29 is 135 Å². The molecule has 0 bridgehead atoms. The number of rotatable bonds is 0. The summed E-state index contributed by atoms with van der Waals surface area (Å²) in [4.78, 5) is 0. The van der Waals surface area contributed by atoms with Crippen molar-refractivity contribution in [2.45, 2.75) is 0 Å². The third-order valence-electron chi connectivity index (χ3n) is 0. The first-order valence-corrected chi connectivity index (χ1v) is 0. The fraction of sp³-hybridized carbons (Fsp3) is 0. The Morgan fingerprint density at radius 3 is 1.14 bits per heavy atom. The van der Waals surface area contributed by atoms with E-state index in [2.05, 4.69) is 0 Å². The quantitative estimate of drug-likeness (QED) is 0.305. The second-order valence-corrected chi connectivity index (χ2v) is 0. The molecule has 0 amide bonds. The van der Waals surface area contributed by atoms with E-state index in [9.17, 15) is 0 Å². The van der Waals surface area contributed by atoms with Crippen molar-refractivity contribution >= 4 is 38.3 Å². The molecular weight excluding hydrogens is 469 g/mol. The van der Waals surface area contributed by atoms with E-state index in [0.717, 1.165) is 0 Å². The first kappa shape index (κ1) is 55.6. The molecular formula is H8CrCuFeKNaPbSi. The third kappa shape index (κ3) is 34.7. The van der Waals surface area contributed by atoms with E-state index in [4.69, 9.17) is 0 Å². The van der Waals surface area contributed by atoms with Gasteiger partial charge in [0.15, 0.2) is 0 Å². The normalized spacial score (nSPS) is 0. The largest absolute Gasteiger partial charge is 0.0149 e. The van der Waals surface area contributed by atoms with E-state index in [1.807, 2.05) is 0 Å². The summed E-state index contributed by atoms with van der Waals surface area (Å²) in [7, 11) is 0. The van der Waals surface area contributed by atoms with Gasteiger partial charge in [0, 0.05) is 51.5 Å². The molecule has 0 aliphatic heterocycles. The van der Waals surface area contributed by atoms with E-state index in [0.29, 0.717) is 0 Å². The predicted molar refractivity (Wildman–Crippen MR) is 22.1 cm³/mol. The maximum absolute atomic E-state index is 0. The van der Waals surface area contributed by atoms with Gasteiger partial charge in [-0.2, -0.15) is 0 Å². The topological polar surface area (TPSA) is 0 Å². The van der Waals surface area contributed by atoms with Gasteiger partial charge < -0.3 is 2.85 Å². The van der Waals surface area contributed by atoms with Gasteiger partial charge in [-0.3, -0.25) is 0 Å². The van der Waals surface area contributed by atoms with Gasteiger partial charge in [0.2, 0.25) is 0 Å². The van der Waals surface area contributed by atoms with Crippen molar-refractivity contribution in [3.63, 3.8) is 0 Å². The van der Waals surface area contributed by atoms with Crippen LogP contribution in [0.5, 0.6) is 0 Å². The van der Waals surface area contributed by atoms with Crippen LogP contribution in [0.15, 0.2) is 0 Å². The van der Waals surface area contributed by atoms with Gasteiger partial charge in [-0.05, 0) is 11.0 Å². The van der Waals surface area contributed by atoms with Gasteiger partial charge in [-0.25, -0.2) is 0 Å². The minimum Gasteiger partial charge on any atom is -0.0149 e. The Bertz CT molecular complexity index is 26.5. The zero-order valence-electron chi connectivity index (χ0n) is 5.77. The van der Waals surface area contributed by atoms with Crippen LogP contribution >= 0.6 is 0 Å². The molecule has 0 aliphatic carbocycles. The summed E-state index contributed by atoms with van der Waals surface area (Å²) in [6, 6.07) is 0. The summed E-state index contributed by atoms with van der Waals surface area (Å²) in [5.41, 5.74) is 0. The first-order valence-electron chi connectivity index (χ1n) is 0. The molecule has 0 aromatic rings. The van der Waals surface area contributed by atoms with E-state index < -0.39 is 0 Å². The van der Waals surface area contributed by atoms with Gasteiger partial charge in [0.05, 0.1) is 0 Å². The molecule has 0 fully saturated rings. The fourth-order valence-corrected chi connectivity index (χ4v) is 0. The average Bonchev–Trinajstić information content (AvgIpc) is 0. The standard InChI is InChI=1S/Cr.Cu.Fe.K.Na.Pb.H4Si.4H/h;;;;;;1H4;;;;/q;;;2*+1;;;;;2*-1. The molecule has 0 atom stereocenters. The SMILES string of the molecule is [Cr].[Cu].[Fe].[H-].[H-].[K+].[Na+].[PbH2].[SiH4]. The van der Waals surface area contributed by atoms with E-state index in [-0.39, 0.29) is 174 Å². The Hall–Kier alpha value is 5.35. The van der Waals surface area contributed by atoms with E-state index >= 15 is 0 Å². The van der Waals surface area contributed by atoms with Crippen molar-refractivity contribution in [1.82, 2.24) is 0 Å². The molecule has 0 saturated heterocycles. The second-order valence-electron chi connectivity index (χ2n) is 0. The van der Waals surface area contributed by atoms with Gasteiger partial charge >= 0.3 is 108 Å². The first-order chi connectivity index (χ1) is 0. The van der Waals surface area contributed by atoms with Crippen LogP contribution < -0.4 is 80.9 Å². The predicted octanol–water partition coefficient (Wildman–Crippen LogP) is -8.14. The molecule has 0 heterocycles. The molecule has 0 nitrogen and oxygen atoms in total. The van der Waals surface area contributed by atoms with Crippen molar-refractivity contribution in [1.29, 1.82) is 0 Å². The van der Waals surface area contributed by atoms with Crippen LogP contribution in [0.2, 0.25) is 0 Å². The zero-order chi connectivity index (χ0) is 0. The van der Waals surface area contributed by atoms with Crippen LogP contribution in [0.25, 0.3) is 0 Å². The van der Waals surface area contributed by atoms with Crippen LogP contribution in [0.3, 0.4) is 0 Å². The Morgan fingerprint density at radius 1 is 1.14 bits per heavy atom. The molecule has 3 radical (unpaired) electrons. The van der Waals surface area contributed by atoms with Crippen LogP contribution in [-0.2, 0) is 51.5 Å². The molecule has 0 aromatic carbocycles. The van der Waals surface area contributed by atoms with Crippen LogP contribution in [-0.4, -0.2) is 38.3 Å². The monoisotopic (exact) mass is 477 g/mol. The molecule has 0 aliphatic rings. The Kier molecular flexibility index (Phi) is 338. The summed E-state index contributed by atoms with van der Waals surface area (Å²) in [5.74, 6) is 0. The maximum atomic E-state index is 0. The third-order valence-corrected chi connectivity index (χ3v) is 0. The summed E-state index contributed by atoms with van der Waals surface area (Å²) >= 11 is 0. The molecule has 7 heavy (non-hydrogen) atoms. The molecule has 0 spiro atoms. The van der Waals surface area contributed by atoms with Crippen molar-refractivity contribution in [3.05, 3.63) is 0 Å². The number of hydrogen-bond acceptors (Lipinski definition) is 0. The summed E-state index contributed by atoms with van der Waals surface area (Å²) in [6.07, 6.45) is 0. The van der Waals surface area contributed by atoms with Crippen LogP contribution in [0.1, 0.15) is 2.85 Å². The maximum Gasteiger partial charge on any atom is -0.0149 e. The molecule has 0 N–H and O–H groups in total. The average molecular weight is 477 g/mol. The summed E-state index contributed by atoms with van der Waals surface area (Å²) < 4.78 is 0. The fourth-order valence-electron chi connectivity index (χ4n) is 0. The molecule has 0 rings (SSSR count). The summed E-state index contributed by atoms with van der Waals surface area (Å²) in [6.45, 7) is 0. The molecule has 0 aromatic heterocycles. The molecule has 0 saturated carbocycles. The second kappa shape index (κ2) is 42.5. The van der Waals surface area contributed by atoms with Gasteiger partial charge in [-0.15, -0.1) is 0 Å². The summed E-state index contributed by atoms with van der Waals surface area (Å²) in [5, 5.41) is 0. The minimum absolute atomic E-state index is 0. The van der Waals surface area contributed by atoms with Gasteiger partial charge in [0.1, 0.15) is 0 Å². The number of hydrogen-bond donors (Lipinski definition) is 0. The van der Waals surface area contributed by atoms with Gasteiger partial charge in [-0.1, -0.05) is 0 Å². The molecule has 0 unspecified atom stereocenters. The zero-order valence-corrected chi connectivity index (χ0v) is 17.7. The van der Waals surface area contributed by atoms with Crippen LogP contribution in [0, 0.1) is 0 Å². The van der Waals surface area contributed by atoms with Crippen molar-refractivity contribution in [2.75, 3.05) is 0 Å². The van der Waals surface area contributed by atoms with Crippen molar-refractivity contribution in [2.24, 2.45) is 0 Å².